The molecule has 0 fully saturated rings. The third-order valence-corrected chi connectivity index (χ3v) is 3.36. The number of benzene rings is 2. The number of carbonyl (C=O) groups excluding carboxylic acids is 2. The van der Waals surface area contributed by atoms with Gasteiger partial charge in [0.25, 0.3) is 0 Å². The van der Waals surface area contributed by atoms with E-state index in [1.54, 1.807) is 32.9 Å². The number of amides is 1. The Kier molecular flexibility index (Phi) is 5.41. The van der Waals surface area contributed by atoms with Crippen LogP contribution in [0, 0.1) is 0 Å². The molecule has 132 valence electrons. The Morgan fingerprint density at radius 3 is 2.28 bits per heavy atom. The highest BCUT2D eigenvalue weighted by Crippen LogP contribution is 2.23. The van der Waals surface area contributed by atoms with Crippen LogP contribution in [0.3, 0.4) is 0 Å². The summed E-state index contributed by atoms with van der Waals surface area (Å²) in [5.74, 6) is -2.52. The number of carboxylic acids is 1. The molecule has 0 atom stereocenters. The first kappa shape index (κ1) is 18.4. The second-order valence-electron chi connectivity index (χ2n) is 6.67. The van der Waals surface area contributed by atoms with Crippen molar-refractivity contribution in [1.29, 1.82) is 0 Å². The summed E-state index contributed by atoms with van der Waals surface area (Å²) in [6.07, 6.45) is -0.699. The van der Waals surface area contributed by atoms with Crippen LogP contribution in [-0.4, -0.2) is 35.1 Å². The van der Waals surface area contributed by atoms with E-state index in [0.29, 0.717) is 5.69 Å². The van der Waals surface area contributed by atoms with Crippen LogP contribution in [-0.2, 0) is 19.1 Å². The van der Waals surface area contributed by atoms with E-state index in [-0.39, 0.29) is 6.54 Å². The molecule has 2 aromatic rings. The summed E-state index contributed by atoms with van der Waals surface area (Å²) in [5.41, 5.74) is -0.238. The predicted octanol–water partition coefficient (Wildman–Crippen LogP) is 2.99. The third kappa shape index (κ3) is 5.31. The fraction of sp³-hybridized carbons (Fsp3) is 0.316. The lowest BCUT2D eigenvalue weighted by Crippen LogP contribution is -2.39. The van der Waals surface area contributed by atoms with Gasteiger partial charge < -0.3 is 14.7 Å². The first-order valence-electron chi connectivity index (χ1n) is 7.88. The fourth-order valence-electron chi connectivity index (χ4n) is 2.40. The van der Waals surface area contributed by atoms with E-state index < -0.39 is 29.9 Å². The van der Waals surface area contributed by atoms with Crippen LogP contribution in [0.4, 0.5) is 5.69 Å². The summed E-state index contributed by atoms with van der Waals surface area (Å²) in [4.78, 5) is 36.5. The Balaban J connectivity index is 2.33. The highest BCUT2D eigenvalue weighted by Gasteiger charge is 2.25. The normalized spacial score (nSPS) is 11.2. The lowest BCUT2D eigenvalue weighted by atomic mass is 10.1. The second-order valence-corrected chi connectivity index (χ2v) is 6.67. The van der Waals surface area contributed by atoms with Crippen molar-refractivity contribution in [3.8, 4) is 0 Å². The summed E-state index contributed by atoms with van der Waals surface area (Å²) in [5, 5.41) is 10.8. The van der Waals surface area contributed by atoms with E-state index in [1.807, 2.05) is 30.3 Å². The molecule has 6 heteroatoms. The van der Waals surface area contributed by atoms with Gasteiger partial charge in [-0.2, -0.15) is 0 Å². The molecule has 0 saturated heterocycles. The van der Waals surface area contributed by atoms with Gasteiger partial charge in [0.15, 0.2) is 0 Å². The zero-order valence-electron chi connectivity index (χ0n) is 14.5. The predicted molar refractivity (Wildman–Crippen MR) is 94.4 cm³/mol. The highest BCUT2D eigenvalue weighted by molar-refractivity contribution is 6.06. The van der Waals surface area contributed by atoms with Gasteiger partial charge in [-0.15, -0.1) is 0 Å². The van der Waals surface area contributed by atoms with Crippen LogP contribution in [0.2, 0.25) is 0 Å². The Morgan fingerprint density at radius 2 is 1.68 bits per heavy atom. The van der Waals surface area contributed by atoms with Crippen LogP contribution < -0.4 is 4.90 Å². The minimum atomic E-state index is -1.25. The van der Waals surface area contributed by atoms with Crippen LogP contribution in [0.5, 0.6) is 0 Å². The molecule has 0 saturated carbocycles. The summed E-state index contributed by atoms with van der Waals surface area (Å²) >= 11 is 0. The molecule has 0 heterocycles. The number of hydrogen-bond acceptors (Lipinski definition) is 4. The van der Waals surface area contributed by atoms with Crippen molar-refractivity contribution in [3.05, 3.63) is 42.5 Å². The minimum Gasteiger partial charge on any atom is -0.481 e. The molecule has 0 aliphatic heterocycles. The Hall–Kier alpha value is -2.89. The lowest BCUT2D eigenvalue weighted by Gasteiger charge is -2.25. The Morgan fingerprint density at radius 1 is 1.04 bits per heavy atom. The third-order valence-electron chi connectivity index (χ3n) is 3.36. The largest absolute Gasteiger partial charge is 0.481 e. The molecule has 1 amide bonds. The number of fused-ring (bicyclic) bond motifs is 1. The second kappa shape index (κ2) is 7.34. The number of hydrogen-bond donors (Lipinski definition) is 1. The van der Waals surface area contributed by atoms with Crippen LogP contribution in [0.25, 0.3) is 10.8 Å². The van der Waals surface area contributed by atoms with E-state index >= 15 is 0 Å². The van der Waals surface area contributed by atoms with Gasteiger partial charge in [-0.25, -0.2) is 0 Å². The first-order chi connectivity index (χ1) is 11.7. The van der Waals surface area contributed by atoms with Crippen molar-refractivity contribution in [2.75, 3.05) is 11.4 Å². The Labute approximate surface area is 146 Å². The molecule has 25 heavy (non-hydrogen) atoms. The van der Waals surface area contributed by atoms with Crippen molar-refractivity contribution in [2.24, 2.45) is 0 Å². The van der Waals surface area contributed by atoms with Crippen LogP contribution >= 0.6 is 0 Å². The molecule has 2 aromatic carbocycles. The van der Waals surface area contributed by atoms with Crippen LogP contribution in [0.15, 0.2) is 42.5 Å². The van der Waals surface area contributed by atoms with Gasteiger partial charge >= 0.3 is 11.9 Å². The molecule has 0 bridgehead atoms. The molecule has 6 nitrogen and oxygen atoms in total. The van der Waals surface area contributed by atoms with E-state index in [2.05, 4.69) is 0 Å². The number of ether oxygens (including phenoxy) is 1. The van der Waals surface area contributed by atoms with Crippen molar-refractivity contribution in [3.63, 3.8) is 0 Å². The molecule has 0 radical (unpaired) electrons. The number of anilines is 1. The highest BCUT2D eigenvalue weighted by atomic mass is 16.6. The molecule has 2 rings (SSSR count). The average molecular weight is 343 g/mol. The number of rotatable bonds is 5. The van der Waals surface area contributed by atoms with Crippen molar-refractivity contribution in [1.82, 2.24) is 0 Å². The molecule has 0 unspecified atom stereocenters. The van der Waals surface area contributed by atoms with Crippen molar-refractivity contribution >= 4 is 34.3 Å². The van der Waals surface area contributed by atoms with Gasteiger partial charge in [-0.3, -0.25) is 14.4 Å². The fourth-order valence-corrected chi connectivity index (χ4v) is 2.40. The summed E-state index contributed by atoms with van der Waals surface area (Å²) in [6.45, 7) is 4.83. The van der Waals surface area contributed by atoms with Gasteiger partial charge in [0.05, 0.1) is 0 Å². The van der Waals surface area contributed by atoms with E-state index in [4.69, 9.17) is 9.84 Å². The van der Waals surface area contributed by atoms with E-state index in [1.165, 1.54) is 0 Å². The summed E-state index contributed by atoms with van der Waals surface area (Å²) < 4.78 is 5.25. The quantitative estimate of drug-likeness (QED) is 0.666. The zero-order valence-corrected chi connectivity index (χ0v) is 14.5. The van der Waals surface area contributed by atoms with Crippen molar-refractivity contribution in [2.45, 2.75) is 32.8 Å². The van der Waals surface area contributed by atoms with E-state index in [0.717, 1.165) is 15.7 Å². The smallest absolute Gasteiger partial charge is 0.326 e. The van der Waals surface area contributed by atoms with Gasteiger partial charge in [0.1, 0.15) is 18.6 Å². The van der Waals surface area contributed by atoms with Gasteiger partial charge in [0.2, 0.25) is 5.91 Å². The molecular formula is C19H21NO5. The Bertz CT molecular complexity index is 807. The van der Waals surface area contributed by atoms with Gasteiger partial charge in [-0.1, -0.05) is 30.3 Å². The summed E-state index contributed by atoms with van der Waals surface area (Å²) in [6, 6.07) is 12.8. The lowest BCUT2D eigenvalue weighted by molar-refractivity contribution is -0.154. The standard InChI is InChI=1S/C19H21NO5/c1-19(2,3)25-18(24)12-20(16(21)11-17(22)23)15-9-8-13-6-4-5-7-14(13)10-15/h4-10H,11-12H2,1-3H3,(H,22,23). The van der Waals surface area contributed by atoms with Crippen molar-refractivity contribution < 1.29 is 24.2 Å². The minimum absolute atomic E-state index is 0.346. The zero-order chi connectivity index (χ0) is 18.6. The molecular weight excluding hydrogens is 322 g/mol. The maximum atomic E-state index is 12.3. The molecule has 1 N–H and O–H groups in total. The molecule has 0 aliphatic carbocycles. The monoisotopic (exact) mass is 343 g/mol. The average Bonchev–Trinajstić information content (AvgIpc) is 2.49. The number of carboxylic acid groups (broad SMARTS) is 1. The molecule has 0 aliphatic rings. The summed E-state index contributed by atoms with van der Waals surface area (Å²) in [7, 11) is 0. The maximum absolute atomic E-state index is 12.3. The topological polar surface area (TPSA) is 83.9 Å². The molecule has 0 spiro atoms. The first-order valence-corrected chi connectivity index (χ1v) is 7.88. The van der Waals surface area contributed by atoms with E-state index in [9.17, 15) is 14.4 Å². The number of aliphatic carboxylic acids is 1. The number of esters is 1. The van der Waals surface area contributed by atoms with Gasteiger partial charge in [-0.05, 0) is 43.7 Å². The van der Waals surface area contributed by atoms with Crippen LogP contribution in [0.1, 0.15) is 27.2 Å². The maximum Gasteiger partial charge on any atom is 0.326 e. The van der Waals surface area contributed by atoms with Gasteiger partial charge in [0, 0.05) is 5.69 Å². The SMILES string of the molecule is CC(C)(C)OC(=O)CN(C(=O)CC(=O)O)c1ccc2ccccc2c1. The number of nitrogens with zero attached hydrogens (tertiary/aromatic N) is 1. The number of carbonyl (C=O) groups is 3. The molecule has 0 aromatic heterocycles.